The van der Waals surface area contributed by atoms with Crippen LogP contribution in [0.25, 0.3) is 0 Å². The lowest BCUT2D eigenvalue weighted by Gasteiger charge is -2.06. The van der Waals surface area contributed by atoms with Crippen molar-refractivity contribution in [2.45, 2.75) is 30.8 Å². The minimum absolute atomic E-state index is 0.0652. The molecule has 3 rings (SSSR count). The first-order valence-electron chi connectivity index (χ1n) is 8.74. The Morgan fingerprint density at radius 2 is 1.79 bits per heavy atom. The van der Waals surface area contributed by atoms with Crippen LogP contribution in [0.5, 0.6) is 0 Å². The number of rotatable bonds is 6. The van der Waals surface area contributed by atoms with Crippen LogP contribution >= 0.6 is 11.3 Å². The monoisotopic (exact) mass is 433 g/mol. The maximum Gasteiger partial charge on any atom is 0.341 e. The smallest absolute Gasteiger partial charge is 0.341 e. The first kappa shape index (κ1) is 20.8. The van der Waals surface area contributed by atoms with Crippen molar-refractivity contribution in [1.29, 1.82) is 0 Å². The molecule has 0 aliphatic heterocycles. The number of carbonyl (C=O) groups is 2. The van der Waals surface area contributed by atoms with Crippen LogP contribution in [-0.2, 0) is 14.6 Å². The van der Waals surface area contributed by atoms with Crippen LogP contribution in [0.15, 0.2) is 56.9 Å². The number of hydrogen-bond donors (Lipinski definition) is 1. The summed E-state index contributed by atoms with van der Waals surface area (Å²) in [7, 11) is -3.87. The highest BCUT2D eigenvalue weighted by molar-refractivity contribution is 7.91. The zero-order chi connectivity index (χ0) is 21.2. The summed E-state index contributed by atoms with van der Waals surface area (Å²) in [6.07, 6.45) is 0. The standard InChI is InChI=1S/C20H19NO6S2/c1-4-26-20(23)17-12(2)13(3)28-19(17)21-18(22)15-10-11-16(27-15)29(24,25)14-8-6-5-7-9-14/h5-11H,4H2,1-3H3,(H,21,22). The Morgan fingerprint density at radius 3 is 2.45 bits per heavy atom. The van der Waals surface area contributed by atoms with Gasteiger partial charge in [-0.1, -0.05) is 18.2 Å². The number of hydrogen-bond acceptors (Lipinski definition) is 7. The number of nitrogens with one attached hydrogen (secondary N) is 1. The summed E-state index contributed by atoms with van der Waals surface area (Å²) in [6.45, 7) is 5.50. The minimum atomic E-state index is -3.87. The molecule has 1 amide bonds. The van der Waals surface area contributed by atoms with Crippen LogP contribution in [0, 0.1) is 13.8 Å². The molecule has 2 aromatic heterocycles. The van der Waals surface area contributed by atoms with Gasteiger partial charge in [0.2, 0.25) is 14.9 Å². The van der Waals surface area contributed by atoms with E-state index in [9.17, 15) is 18.0 Å². The average Bonchev–Trinajstić information content (AvgIpc) is 3.29. The van der Waals surface area contributed by atoms with E-state index in [1.807, 2.05) is 6.92 Å². The molecular formula is C20H19NO6S2. The summed E-state index contributed by atoms with van der Waals surface area (Å²) in [4.78, 5) is 25.8. The summed E-state index contributed by atoms with van der Waals surface area (Å²) in [5.74, 6) is -1.37. The molecule has 1 aromatic carbocycles. The Labute approximate surface area is 172 Å². The van der Waals surface area contributed by atoms with E-state index in [0.717, 1.165) is 10.4 Å². The lowest BCUT2D eigenvalue weighted by atomic mass is 10.1. The van der Waals surface area contributed by atoms with Gasteiger partial charge in [0.05, 0.1) is 17.1 Å². The Morgan fingerprint density at radius 1 is 1.10 bits per heavy atom. The number of aryl methyl sites for hydroxylation is 1. The third-order valence-corrected chi connectivity index (χ3v) is 6.98. The van der Waals surface area contributed by atoms with Crippen LogP contribution in [0.3, 0.4) is 0 Å². The van der Waals surface area contributed by atoms with Crippen molar-refractivity contribution < 1.29 is 27.2 Å². The van der Waals surface area contributed by atoms with Gasteiger partial charge in [-0.15, -0.1) is 11.3 Å². The van der Waals surface area contributed by atoms with E-state index in [0.29, 0.717) is 5.00 Å². The first-order valence-corrected chi connectivity index (χ1v) is 11.0. The zero-order valence-electron chi connectivity index (χ0n) is 16.0. The van der Waals surface area contributed by atoms with Crippen molar-refractivity contribution in [3.63, 3.8) is 0 Å². The van der Waals surface area contributed by atoms with E-state index < -0.39 is 21.7 Å². The molecule has 29 heavy (non-hydrogen) atoms. The average molecular weight is 434 g/mol. The molecule has 0 atom stereocenters. The molecule has 0 unspecified atom stereocenters. The molecule has 152 valence electrons. The largest absolute Gasteiger partial charge is 0.462 e. The number of furan rings is 1. The number of carbonyl (C=O) groups excluding carboxylic acids is 2. The fourth-order valence-electron chi connectivity index (χ4n) is 2.63. The second-order valence-electron chi connectivity index (χ2n) is 6.10. The van der Waals surface area contributed by atoms with E-state index in [2.05, 4.69) is 5.32 Å². The van der Waals surface area contributed by atoms with Crippen molar-refractivity contribution in [3.05, 3.63) is 64.2 Å². The number of sulfone groups is 1. The van der Waals surface area contributed by atoms with Crippen LogP contribution in [0.4, 0.5) is 5.00 Å². The zero-order valence-corrected chi connectivity index (χ0v) is 17.6. The van der Waals surface area contributed by atoms with Crippen LogP contribution < -0.4 is 5.32 Å². The van der Waals surface area contributed by atoms with Gasteiger partial charge in [-0.3, -0.25) is 4.79 Å². The molecule has 0 radical (unpaired) electrons. The molecule has 0 saturated carbocycles. The Balaban J connectivity index is 1.87. The molecule has 3 aromatic rings. The number of thiophene rings is 1. The van der Waals surface area contributed by atoms with E-state index in [4.69, 9.17) is 9.15 Å². The summed E-state index contributed by atoms with van der Waals surface area (Å²) in [6, 6.07) is 10.3. The molecule has 0 bridgehead atoms. The fraction of sp³-hybridized carbons (Fsp3) is 0.200. The summed E-state index contributed by atoms with van der Waals surface area (Å²) < 4.78 is 35.6. The molecule has 0 aliphatic rings. The quantitative estimate of drug-likeness (QED) is 0.584. The number of benzene rings is 1. The Hall–Kier alpha value is -2.91. The van der Waals surface area contributed by atoms with Crippen molar-refractivity contribution >= 4 is 38.1 Å². The van der Waals surface area contributed by atoms with Crippen molar-refractivity contribution in [3.8, 4) is 0 Å². The third-order valence-electron chi connectivity index (χ3n) is 4.22. The highest BCUT2D eigenvalue weighted by Crippen LogP contribution is 2.33. The van der Waals surface area contributed by atoms with Crippen LogP contribution in [0.1, 0.15) is 38.3 Å². The van der Waals surface area contributed by atoms with Crippen LogP contribution in [0.2, 0.25) is 0 Å². The Bertz CT molecular complexity index is 1160. The first-order chi connectivity index (χ1) is 13.8. The van der Waals surface area contributed by atoms with Gasteiger partial charge in [0.15, 0.2) is 5.76 Å². The third kappa shape index (κ3) is 4.10. The number of ether oxygens (including phenoxy) is 1. The molecular weight excluding hydrogens is 414 g/mol. The maximum atomic E-state index is 12.6. The molecule has 9 heteroatoms. The van der Waals surface area contributed by atoms with Gasteiger partial charge in [-0.05, 0) is 50.6 Å². The summed E-state index contributed by atoms with van der Waals surface area (Å²) in [5, 5.41) is 2.61. The molecule has 0 aliphatic carbocycles. The molecule has 1 N–H and O–H groups in total. The van der Waals surface area contributed by atoms with E-state index in [1.54, 1.807) is 32.0 Å². The van der Waals surface area contributed by atoms with Gasteiger partial charge >= 0.3 is 5.97 Å². The molecule has 7 nitrogen and oxygen atoms in total. The van der Waals surface area contributed by atoms with E-state index >= 15 is 0 Å². The summed E-state index contributed by atoms with van der Waals surface area (Å²) >= 11 is 1.23. The number of anilines is 1. The van der Waals surface area contributed by atoms with Gasteiger partial charge in [-0.2, -0.15) is 0 Å². The molecule has 0 saturated heterocycles. The predicted molar refractivity (Wildman–Crippen MR) is 108 cm³/mol. The van der Waals surface area contributed by atoms with Crippen molar-refractivity contribution in [1.82, 2.24) is 0 Å². The number of amides is 1. The highest BCUT2D eigenvalue weighted by atomic mass is 32.2. The normalized spacial score (nSPS) is 11.3. The van der Waals surface area contributed by atoms with Gasteiger partial charge in [-0.25, -0.2) is 13.2 Å². The predicted octanol–water partition coefficient (Wildman–Crippen LogP) is 4.22. The van der Waals surface area contributed by atoms with Crippen LogP contribution in [-0.4, -0.2) is 26.9 Å². The Kier molecular flexibility index (Phi) is 5.90. The van der Waals surface area contributed by atoms with E-state index in [-0.39, 0.29) is 27.9 Å². The van der Waals surface area contributed by atoms with E-state index in [1.165, 1.54) is 35.6 Å². The summed E-state index contributed by atoms with van der Waals surface area (Å²) in [5.41, 5.74) is 1.00. The van der Waals surface area contributed by atoms with Gasteiger partial charge in [0, 0.05) is 4.88 Å². The van der Waals surface area contributed by atoms with Gasteiger partial charge in [0.1, 0.15) is 5.00 Å². The number of esters is 1. The lowest BCUT2D eigenvalue weighted by molar-refractivity contribution is 0.0527. The van der Waals surface area contributed by atoms with Crippen molar-refractivity contribution in [2.75, 3.05) is 11.9 Å². The second kappa shape index (κ2) is 8.22. The molecule has 0 fully saturated rings. The minimum Gasteiger partial charge on any atom is -0.462 e. The highest BCUT2D eigenvalue weighted by Gasteiger charge is 2.26. The lowest BCUT2D eigenvalue weighted by Crippen LogP contribution is -2.14. The van der Waals surface area contributed by atoms with Gasteiger partial charge in [0.25, 0.3) is 5.91 Å². The molecule has 0 spiro atoms. The SMILES string of the molecule is CCOC(=O)c1c(NC(=O)c2ccc(S(=O)(=O)c3ccccc3)o2)sc(C)c1C. The molecule has 2 heterocycles. The maximum absolute atomic E-state index is 12.6. The van der Waals surface area contributed by atoms with Gasteiger partial charge < -0.3 is 14.5 Å². The second-order valence-corrected chi connectivity index (χ2v) is 9.20. The van der Waals surface area contributed by atoms with Crippen molar-refractivity contribution in [2.24, 2.45) is 0 Å². The fourth-order valence-corrected chi connectivity index (χ4v) is 4.87. The topological polar surface area (TPSA) is 103 Å².